The van der Waals surface area contributed by atoms with Gasteiger partial charge < -0.3 is 9.47 Å². The predicted octanol–water partition coefficient (Wildman–Crippen LogP) is 1.99. The molecule has 0 aromatic carbocycles. The molecule has 0 saturated heterocycles. The summed E-state index contributed by atoms with van der Waals surface area (Å²) >= 11 is 3.37. The zero-order valence-electron chi connectivity index (χ0n) is 11.1. The Morgan fingerprint density at radius 2 is 2.05 bits per heavy atom. The number of rotatable bonds is 4. The molecule has 2 aromatic heterocycles. The number of nitrogens with zero attached hydrogens (tertiary/aromatic N) is 2. The molecular weight excluding hydrogens is 328 g/mol. The molecule has 0 aliphatic carbocycles. The predicted molar refractivity (Wildman–Crippen MR) is 74.6 cm³/mol. The fourth-order valence-electron chi connectivity index (χ4n) is 1.92. The molecule has 0 unspecified atom stereocenters. The fraction of sp³-hybridized carbons (Fsp3) is 0.308. The van der Waals surface area contributed by atoms with Gasteiger partial charge in [-0.05, 0) is 34.5 Å². The molecule has 0 spiro atoms. The molecule has 0 aliphatic rings. The maximum atomic E-state index is 11.8. The van der Waals surface area contributed by atoms with E-state index in [0.717, 1.165) is 5.52 Å². The van der Waals surface area contributed by atoms with E-state index >= 15 is 0 Å². The van der Waals surface area contributed by atoms with Gasteiger partial charge in [-0.3, -0.25) is 4.79 Å². The van der Waals surface area contributed by atoms with Crippen LogP contribution < -0.4 is 0 Å². The van der Waals surface area contributed by atoms with Crippen LogP contribution >= 0.6 is 15.9 Å². The van der Waals surface area contributed by atoms with Crippen molar-refractivity contribution in [3.63, 3.8) is 0 Å². The maximum absolute atomic E-state index is 11.8. The maximum Gasteiger partial charge on any atom is 0.358 e. The summed E-state index contributed by atoms with van der Waals surface area (Å²) in [6.07, 6.45) is 0.533. The SMILES string of the molecule is COC(=O)CCc1c(C(=O)OC)nn2c(Br)cccc12. The zero-order chi connectivity index (χ0) is 14.7. The van der Waals surface area contributed by atoms with E-state index in [1.165, 1.54) is 14.2 Å². The Hall–Kier alpha value is -1.89. The van der Waals surface area contributed by atoms with Gasteiger partial charge >= 0.3 is 11.9 Å². The first-order valence-corrected chi connectivity index (χ1v) is 6.69. The van der Waals surface area contributed by atoms with Crippen LogP contribution in [0.3, 0.4) is 0 Å². The average Bonchev–Trinajstić information content (AvgIpc) is 2.84. The van der Waals surface area contributed by atoms with Gasteiger partial charge in [0, 0.05) is 12.0 Å². The number of hydrogen-bond donors (Lipinski definition) is 0. The van der Waals surface area contributed by atoms with Gasteiger partial charge in [-0.25, -0.2) is 9.31 Å². The minimum absolute atomic E-state index is 0.175. The summed E-state index contributed by atoms with van der Waals surface area (Å²) < 4.78 is 11.7. The van der Waals surface area contributed by atoms with Gasteiger partial charge in [0.15, 0.2) is 5.69 Å². The largest absolute Gasteiger partial charge is 0.469 e. The highest BCUT2D eigenvalue weighted by molar-refractivity contribution is 9.10. The summed E-state index contributed by atoms with van der Waals surface area (Å²) in [4.78, 5) is 23.1. The molecule has 7 heteroatoms. The van der Waals surface area contributed by atoms with Crippen molar-refractivity contribution in [2.45, 2.75) is 12.8 Å². The normalized spacial score (nSPS) is 10.6. The number of pyridine rings is 1. The van der Waals surface area contributed by atoms with Gasteiger partial charge in [-0.1, -0.05) is 6.07 Å². The van der Waals surface area contributed by atoms with Crippen LogP contribution in [0, 0.1) is 0 Å². The molecular formula is C13H13BrN2O4. The molecule has 2 aromatic rings. The van der Waals surface area contributed by atoms with E-state index in [0.29, 0.717) is 16.6 Å². The number of fused-ring (bicyclic) bond motifs is 1. The monoisotopic (exact) mass is 340 g/mol. The number of esters is 2. The Labute approximate surface area is 123 Å². The quantitative estimate of drug-likeness (QED) is 0.628. The van der Waals surface area contributed by atoms with E-state index in [2.05, 4.69) is 25.8 Å². The summed E-state index contributed by atoms with van der Waals surface area (Å²) in [6.45, 7) is 0. The smallest absolute Gasteiger partial charge is 0.358 e. The third kappa shape index (κ3) is 2.67. The highest BCUT2D eigenvalue weighted by Crippen LogP contribution is 2.22. The summed E-state index contributed by atoms with van der Waals surface area (Å²) in [5, 5.41) is 4.23. The first-order chi connectivity index (χ1) is 9.58. The lowest BCUT2D eigenvalue weighted by Gasteiger charge is -2.01. The number of halogens is 1. The van der Waals surface area contributed by atoms with Crippen molar-refractivity contribution in [2.75, 3.05) is 14.2 Å². The van der Waals surface area contributed by atoms with Gasteiger partial charge in [0.1, 0.15) is 4.60 Å². The molecule has 0 fully saturated rings. The van der Waals surface area contributed by atoms with Gasteiger partial charge in [0.2, 0.25) is 0 Å². The molecule has 2 rings (SSSR count). The van der Waals surface area contributed by atoms with Crippen molar-refractivity contribution in [2.24, 2.45) is 0 Å². The first kappa shape index (κ1) is 14.5. The molecule has 0 atom stereocenters. The molecule has 0 aliphatic heterocycles. The minimum Gasteiger partial charge on any atom is -0.469 e. The number of carbonyl (C=O) groups excluding carboxylic acids is 2. The van der Waals surface area contributed by atoms with E-state index in [9.17, 15) is 9.59 Å². The molecule has 20 heavy (non-hydrogen) atoms. The molecule has 0 bridgehead atoms. The number of carbonyl (C=O) groups is 2. The van der Waals surface area contributed by atoms with Crippen LogP contribution in [-0.2, 0) is 20.7 Å². The summed E-state index contributed by atoms with van der Waals surface area (Å²) in [5.74, 6) is -0.865. The Kier molecular flexibility index (Phi) is 4.39. The van der Waals surface area contributed by atoms with Crippen LogP contribution in [0.15, 0.2) is 22.8 Å². The lowest BCUT2D eigenvalue weighted by molar-refractivity contribution is -0.140. The second kappa shape index (κ2) is 6.04. The standard InChI is InChI=1S/C13H13BrN2O4/c1-19-11(17)7-6-8-9-4-3-5-10(14)16(9)15-12(8)13(18)20-2/h3-5H,6-7H2,1-2H3. The molecule has 0 amide bonds. The van der Waals surface area contributed by atoms with Crippen molar-refractivity contribution in [1.82, 2.24) is 9.61 Å². The molecule has 0 radical (unpaired) electrons. The number of methoxy groups -OCH3 is 2. The van der Waals surface area contributed by atoms with E-state index in [-0.39, 0.29) is 18.1 Å². The molecule has 106 valence electrons. The zero-order valence-corrected chi connectivity index (χ0v) is 12.6. The second-order valence-corrected chi connectivity index (χ2v) is 4.85. The van der Waals surface area contributed by atoms with Crippen LogP contribution in [0.2, 0.25) is 0 Å². The highest BCUT2D eigenvalue weighted by Gasteiger charge is 2.21. The lowest BCUT2D eigenvalue weighted by atomic mass is 10.1. The lowest BCUT2D eigenvalue weighted by Crippen LogP contribution is -2.08. The van der Waals surface area contributed by atoms with E-state index in [4.69, 9.17) is 4.74 Å². The van der Waals surface area contributed by atoms with Gasteiger partial charge in [0.25, 0.3) is 0 Å². The van der Waals surface area contributed by atoms with Crippen LogP contribution in [0.25, 0.3) is 5.52 Å². The van der Waals surface area contributed by atoms with Crippen LogP contribution in [-0.4, -0.2) is 35.8 Å². The summed E-state index contributed by atoms with van der Waals surface area (Å²) in [7, 11) is 2.63. The van der Waals surface area contributed by atoms with Crippen molar-refractivity contribution in [3.05, 3.63) is 34.1 Å². The number of hydrogen-bond acceptors (Lipinski definition) is 5. The van der Waals surface area contributed by atoms with Crippen molar-refractivity contribution in [1.29, 1.82) is 0 Å². The minimum atomic E-state index is -0.527. The Balaban J connectivity index is 2.50. The third-order valence-electron chi connectivity index (χ3n) is 2.90. The molecule has 0 saturated carbocycles. The number of aromatic nitrogens is 2. The Morgan fingerprint density at radius 1 is 1.30 bits per heavy atom. The third-order valence-corrected chi connectivity index (χ3v) is 3.50. The molecule has 2 heterocycles. The van der Waals surface area contributed by atoms with Crippen molar-refractivity contribution >= 4 is 33.4 Å². The van der Waals surface area contributed by atoms with Crippen LogP contribution in [0.4, 0.5) is 0 Å². The van der Waals surface area contributed by atoms with Crippen molar-refractivity contribution in [3.8, 4) is 0 Å². The van der Waals surface area contributed by atoms with Gasteiger partial charge in [0.05, 0.1) is 19.7 Å². The second-order valence-electron chi connectivity index (χ2n) is 4.04. The van der Waals surface area contributed by atoms with Gasteiger partial charge in [-0.2, -0.15) is 5.10 Å². The fourth-order valence-corrected chi connectivity index (χ4v) is 2.35. The summed E-state index contributed by atoms with van der Waals surface area (Å²) in [5.41, 5.74) is 1.63. The highest BCUT2D eigenvalue weighted by atomic mass is 79.9. The molecule has 6 nitrogen and oxygen atoms in total. The average molecular weight is 341 g/mol. The van der Waals surface area contributed by atoms with Gasteiger partial charge in [-0.15, -0.1) is 0 Å². The van der Waals surface area contributed by atoms with E-state index < -0.39 is 5.97 Å². The number of ether oxygens (including phenoxy) is 2. The van der Waals surface area contributed by atoms with Crippen LogP contribution in [0.5, 0.6) is 0 Å². The summed E-state index contributed by atoms with van der Waals surface area (Å²) in [6, 6.07) is 5.48. The van der Waals surface area contributed by atoms with Crippen LogP contribution in [0.1, 0.15) is 22.5 Å². The van der Waals surface area contributed by atoms with E-state index in [1.54, 1.807) is 4.52 Å². The number of aryl methyl sites for hydroxylation is 1. The first-order valence-electron chi connectivity index (χ1n) is 5.89. The Bertz CT molecular complexity index is 666. The topological polar surface area (TPSA) is 69.9 Å². The Morgan fingerprint density at radius 3 is 2.70 bits per heavy atom. The van der Waals surface area contributed by atoms with Crippen molar-refractivity contribution < 1.29 is 19.1 Å². The van der Waals surface area contributed by atoms with E-state index in [1.807, 2.05) is 18.2 Å². The molecule has 0 N–H and O–H groups in total.